The molecule has 0 radical (unpaired) electrons. The molecule has 1 aromatic carbocycles. The number of fused-ring (bicyclic) bond motifs is 1. The Balaban J connectivity index is 1.43. The average molecular weight is 412 g/mol. The molecule has 0 spiro atoms. The van der Waals surface area contributed by atoms with Crippen molar-refractivity contribution < 1.29 is 19.1 Å². The van der Waals surface area contributed by atoms with E-state index in [1.165, 1.54) is 18.3 Å². The molecule has 1 atom stereocenters. The lowest BCUT2D eigenvalue weighted by molar-refractivity contribution is -0.149. The van der Waals surface area contributed by atoms with Crippen molar-refractivity contribution in [2.75, 3.05) is 0 Å². The molecule has 2 amide bonds. The zero-order valence-electron chi connectivity index (χ0n) is 15.2. The van der Waals surface area contributed by atoms with Gasteiger partial charge in [0.1, 0.15) is 17.7 Å². The van der Waals surface area contributed by atoms with Gasteiger partial charge in [0.05, 0.1) is 21.7 Å². The lowest BCUT2D eigenvalue weighted by atomic mass is 10.1. The minimum atomic E-state index is -1.01. The zero-order valence-corrected chi connectivity index (χ0v) is 16.8. The largest absolute Gasteiger partial charge is 0.458 e. The van der Waals surface area contributed by atoms with Crippen molar-refractivity contribution in [2.45, 2.75) is 26.5 Å². The van der Waals surface area contributed by atoms with Gasteiger partial charge in [0.2, 0.25) is 0 Å². The Morgan fingerprint density at radius 3 is 2.71 bits per heavy atom. The average Bonchev–Trinajstić information content (AvgIpc) is 3.40. The molecule has 0 fully saturated rings. The van der Waals surface area contributed by atoms with Crippen LogP contribution in [0.25, 0.3) is 9.88 Å². The Labute approximate surface area is 169 Å². The fraction of sp³-hybridized carbons (Fsp3) is 0.200. The van der Waals surface area contributed by atoms with Crippen LogP contribution in [0.2, 0.25) is 0 Å². The summed E-state index contributed by atoms with van der Waals surface area (Å²) in [5, 5.41) is 4.67. The molecule has 2 aromatic heterocycles. The molecule has 0 saturated carbocycles. The molecule has 3 aromatic rings. The molecular formula is C20H16N2O4S2. The maximum atomic E-state index is 12.6. The summed E-state index contributed by atoms with van der Waals surface area (Å²) in [5.41, 5.74) is 2.15. The van der Waals surface area contributed by atoms with Crippen molar-refractivity contribution in [3.05, 3.63) is 63.5 Å². The normalized spacial score (nSPS) is 14.3. The Hall–Kier alpha value is -2.84. The SMILES string of the molecule is Cc1ccc2c(c1)C(=O)N(C(C)C(=O)OCc1csc(-c3cccs3)n1)C2=O. The number of esters is 1. The van der Waals surface area contributed by atoms with Crippen molar-refractivity contribution in [2.24, 2.45) is 0 Å². The quantitative estimate of drug-likeness (QED) is 0.469. The Morgan fingerprint density at radius 1 is 1.18 bits per heavy atom. The Morgan fingerprint density at radius 2 is 1.96 bits per heavy atom. The zero-order chi connectivity index (χ0) is 19.8. The lowest BCUT2D eigenvalue weighted by Gasteiger charge is -2.20. The highest BCUT2D eigenvalue weighted by Crippen LogP contribution is 2.29. The van der Waals surface area contributed by atoms with Crippen LogP contribution in [-0.2, 0) is 16.1 Å². The van der Waals surface area contributed by atoms with Gasteiger partial charge in [-0.1, -0.05) is 17.7 Å². The van der Waals surface area contributed by atoms with Gasteiger partial charge < -0.3 is 4.74 Å². The highest BCUT2D eigenvalue weighted by atomic mass is 32.1. The molecule has 28 heavy (non-hydrogen) atoms. The van der Waals surface area contributed by atoms with Crippen molar-refractivity contribution in [1.29, 1.82) is 0 Å². The van der Waals surface area contributed by atoms with Crippen LogP contribution in [0.1, 0.15) is 38.9 Å². The smallest absolute Gasteiger partial charge is 0.329 e. The highest BCUT2D eigenvalue weighted by molar-refractivity contribution is 7.20. The molecule has 1 unspecified atom stereocenters. The van der Waals surface area contributed by atoms with Crippen LogP contribution in [0.3, 0.4) is 0 Å². The fourth-order valence-corrected chi connectivity index (χ4v) is 4.60. The minimum Gasteiger partial charge on any atom is -0.458 e. The molecule has 6 nitrogen and oxygen atoms in total. The van der Waals surface area contributed by atoms with Gasteiger partial charge in [-0.2, -0.15) is 0 Å². The molecule has 3 heterocycles. The van der Waals surface area contributed by atoms with E-state index in [1.54, 1.807) is 29.5 Å². The summed E-state index contributed by atoms with van der Waals surface area (Å²) in [7, 11) is 0. The molecule has 1 aliphatic heterocycles. The van der Waals surface area contributed by atoms with E-state index in [0.29, 0.717) is 16.8 Å². The van der Waals surface area contributed by atoms with Crippen LogP contribution in [-0.4, -0.2) is 33.7 Å². The van der Waals surface area contributed by atoms with Crippen LogP contribution in [0.5, 0.6) is 0 Å². The third kappa shape index (κ3) is 3.25. The minimum absolute atomic E-state index is 0.00662. The number of hydrogen-bond acceptors (Lipinski definition) is 7. The van der Waals surface area contributed by atoms with Gasteiger partial charge in [0, 0.05) is 5.38 Å². The summed E-state index contributed by atoms with van der Waals surface area (Å²) in [6.45, 7) is 3.33. The third-order valence-corrected chi connectivity index (χ3v) is 6.38. The number of imide groups is 1. The van der Waals surface area contributed by atoms with Gasteiger partial charge in [-0.05, 0) is 37.4 Å². The summed E-state index contributed by atoms with van der Waals surface area (Å²) in [4.78, 5) is 44.1. The molecule has 0 aliphatic carbocycles. The molecule has 1 aliphatic rings. The van der Waals surface area contributed by atoms with E-state index in [2.05, 4.69) is 4.98 Å². The van der Waals surface area contributed by atoms with Gasteiger partial charge in [-0.25, -0.2) is 9.78 Å². The van der Waals surface area contributed by atoms with Crippen LogP contribution >= 0.6 is 22.7 Å². The Kier molecular flexibility index (Phi) is 4.82. The van der Waals surface area contributed by atoms with Gasteiger partial charge in [-0.3, -0.25) is 14.5 Å². The molecule has 4 rings (SSSR count). The van der Waals surface area contributed by atoms with Crippen LogP contribution < -0.4 is 0 Å². The number of carbonyl (C=O) groups excluding carboxylic acids is 3. The van der Waals surface area contributed by atoms with Gasteiger partial charge >= 0.3 is 5.97 Å². The van der Waals surface area contributed by atoms with E-state index in [1.807, 2.05) is 29.8 Å². The van der Waals surface area contributed by atoms with E-state index < -0.39 is 23.8 Å². The second-order valence-corrected chi connectivity index (χ2v) is 8.24. The van der Waals surface area contributed by atoms with Crippen molar-refractivity contribution in [3.8, 4) is 9.88 Å². The first kappa shape index (κ1) is 18.5. The van der Waals surface area contributed by atoms with E-state index in [9.17, 15) is 14.4 Å². The van der Waals surface area contributed by atoms with E-state index >= 15 is 0 Å². The summed E-state index contributed by atoms with van der Waals surface area (Å²) >= 11 is 3.07. The Bertz CT molecular complexity index is 1070. The maximum Gasteiger partial charge on any atom is 0.329 e. The summed E-state index contributed by atoms with van der Waals surface area (Å²) < 4.78 is 5.31. The first-order valence-electron chi connectivity index (χ1n) is 8.59. The molecule has 0 saturated heterocycles. The third-order valence-electron chi connectivity index (χ3n) is 4.45. The number of nitrogens with zero attached hydrogens (tertiary/aromatic N) is 2. The number of amides is 2. The maximum absolute atomic E-state index is 12.6. The van der Waals surface area contributed by atoms with Crippen LogP contribution in [0.15, 0.2) is 41.1 Å². The summed E-state index contributed by atoms with van der Waals surface area (Å²) in [6, 6.07) is 7.96. The summed E-state index contributed by atoms with van der Waals surface area (Å²) in [6.07, 6.45) is 0. The van der Waals surface area contributed by atoms with Gasteiger partial charge in [0.25, 0.3) is 11.8 Å². The number of hydrogen-bond donors (Lipinski definition) is 0. The first-order valence-corrected chi connectivity index (χ1v) is 10.3. The van der Waals surface area contributed by atoms with E-state index in [4.69, 9.17) is 4.74 Å². The monoisotopic (exact) mass is 412 g/mol. The first-order chi connectivity index (χ1) is 13.5. The highest BCUT2D eigenvalue weighted by Gasteiger charge is 2.41. The standard InChI is InChI=1S/C20H16N2O4S2/c1-11-5-6-14-15(8-11)19(24)22(18(14)23)12(2)20(25)26-9-13-10-28-17(21-13)16-4-3-7-27-16/h3-8,10,12H,9H2,1-2H3. The molecule has 0 N–H and O–H groups in total. The molecule has 142 valence electrons. The van der Waals surface area contributed by atoms with Crippen molar-refractivity contribution in [3.63, 3.8) is 0 Å². The molecule has 0 bridgehead atoms. The second-order valence-electron chi connectivity index (χ2n) is 6.43. The molecule has 8 heteroatoms. The lowest BCUT2D eigenvalue weighted by Crippen LogP contribution is -2.43. The number of aryl methyl sites for hydroxylation is 1. The second kappa shape index (κ2) is 7.29. The van der Waals surface area contributed by atoms with Crippen LogP contribution in [0, 0.1) is 6.92 Å². The number of thiazole rings is 1. The number of ether oxygens (including phenoxy) is 1. The predicted molar refractivity (Wildman–Crippen MR) is 106 cm³/mol. The van der Waals surface area contributed by atoms with Crippen molar-refractivity contribution in [1.82, 2.24) is 9.88 Å². The number of thiophene rings is 1. The number of benzene rings is 1. The number of rotatable bonds is 5. The molecular weight excluding hydrogens is 396 g/mol. The van der Waals surface area contributed by atoms with Crippen molar-refractivity contribution >= 4 is 40.5 Å². The number of carbonyl (C=O) groups is 3. The predicted octanol–water partition coefficient (Wildman–Crippen LogP) is 3.91. The van der Waals surface area contributed by atoms with Gasteiger partial charge in [0.15, 0.2) is 0 Å². The van der Waals surface area contributed by atoms with Crippen LogP contribution in [0.4, 0.5) is 0 Å². The summed E-state index contributed by atoms with van der Waals surface area (Å²) in [5.74, 6) is -1.59. The van der Waals surface area contributed by atoms with Gasteiger partial charge in [-0.15, -0.1) is 22.7 Å². The van der Waals surface area contributed by atoms with E-state index in [0.717, 1.165) is 20.3 Å². The van der Waals surface area contributed by atoms with E-state index in [-0.39, 0.29) is 6.61 Å². The topological polar surface area (TPSA) is 76.6 Å². The number of aromatic nitrogens is 1. The fourth-order valence-electron chi connectivity index (χ4n) is 2.98.